The molecule has 0 fully saturated rings. The average Bonchev–Trinajstić information content (AvgIpc) is 3.12. The molecule has 0 atom stereocenters. The fraction of sp³-hybridized carbons (Fsp3) is 0.238. The van der Waals surface area contributed by atoms with E-state index in [0.717, 1.165) is 33.8 Å². The number of carbonyl (C=O) groups is 2. The van der Waals surface area contributed by atoms with E-state index >= 15 is 0 Å². The molecular weight excluding hydrogens is 354 g/mol. The van der Waals surface area contributed by atoms with E-state index in [4.69, 9.17) is 5.73 Å². The fourth-order valence-corrected chi connectivity index (χ4v) is 3.62. The van der Waals surface area contributed by atoms with E-state index in [1.165, 1.54) is 0 Å². The van der Waals surface area contributed by atoms with Crippen LogP contribution in [0.3, 0.4) is 0 Å². The second kappa shape index (κ2) is 7.26. The molecule has 4 rings (SSSR count). The van der Waals surface area contributed by atoms with E-state index in [1.807, 2.05) is 60.1 Å². The molecule has 0 bridgehead atoms. The predicted octanol–water partition coefficient (Wildman–Crippen LogP) is 2.74. The normalized spacial score (nSPS) is 12.4. The number of nitrogens with two attached hydrogens (primary N) is 1. The van der Waals surface area contributed by atoms with Crippen molar-refractivity contribution >= 4 is 17.5 Å². The number of hydrogen-bond donors (Lipinski definition) is 1. The molecule has 1 aliphatic rings. The van der Waals surface area contributed by atoms with Gasteiger partial charge >= 0.3 is 0 Å². The lowest BCUT2D eigenvalue weighted by atomic mass is 9.95. The topological polar surface area (TPSA) is 94.1 Å². The summed E-state index contributed by atoms with van der Waals surface area (Å²) in [5.74, 6) is -0.621. The third kappa shape index (κ3) is 3.05. The van der Waals surface area contributed by atoms with Crippen molar-refractivity contribution < 1.29 is 9.59 Å². The largest absolute Gasteiger partial charge is 0.370 e. The van der Waals surface area contributed by atoms with Crippen LogP contribution in [0.5, 0.6) is 0 Å². The third-order valence-electron chi connectivity index (χ3n) is 4.97. The van der Waals surface area contributed by atoms with Gasteiger partial charge in [-0.25, -0.2) is 4.68 Å². The fourth-order valence-electron chi connectivity index (χ4n) is 3.62. The average molecular weight is 375 g/mol. The van der Waals surface area contributed by atoms with Gasteiger partial charge in [0.05, 0.1) is 17.9 Å². The maximum atomic E-state index is 13.0. The molecule has 0 spiro atoms. The summed E-state index contributed by atoms with van der Waals surface area (Å²) in [7, 11) is 0. The maximum absolute atomic E-state index is 13.0. The summed E-state index contributed by atoms with van der Waals surface area (Å²) in [5.41, 5.74) is 10.6. The molecule has 7 heteroatoms. The Hall–Kier alpha value is -3.48. The van der Waals surface area contributed by atoms with Crippen LogP contribution in [0.2, 0.25) is 0 Å². The lowest BCUT2D eigenvalue weighted by Crippen LogP contribution is -2.32. The number of carbonyl (C=O) groups excluding carboxylic acids is 2. The summed E-state index contributed by atoms with van der Waals surface area (Å²) in [6.07, 6.45) is 0.100. The van der Waals surface area contributed by atoms with Gasteiger partial charge in [-0.3, -0.25) is 9.59 Å². The van der Waals surface area contributed by atoms with Crippen LogP contribution in [0.1, 0.15) is 25.3 Å². The molecule has 142 valence electrons. The molecule has 3 aromatic rings. The van der Waals surface area contributed by atoms with Crippen LogP contribution in [0, 0.1) is 0 Å². The lowest BCUT2D eigenvalue weighted by Gasteiger charge is -2.28. The summed E-state index contributed by atoms with van der Waals surface area (Å²) in [6.45, 7) is 3.07. The van der Waals surface area contributed by atoms with Crippen molar-refractivity contribution in [2.45, 2.75) is 32.9 Å². The van der Waals surface area contributed by atoms with E-state index in [-0.39, 0.29) is 18.7 Å². The van der Waals surface area contributed by atoms with Crippen molar-refractivity contribution in [2.75, 3.05) is 4.90 Å². The molecule has 0 saturated heterocycles. The lowest BCUT2D eigenvalue weighted by molar-refractivity contribution is -0.123. The minimum absolute atomic E-state index is 0.0266. The number of aromatic nitrogens is 3. The maximum Gasteiger partial charge on any atom is 0.227 e. The molecule has 0 radical (unpaired) electrons. The second-order valence-electron chi connectivity index (χ2n) is 6.72. The molecule has 1 aliphatic heterocycles. The molecule has 1 aromatic heterocycles. The first-order chi connectivity index (χ1) is 13.6. The zero-order valence-electron chi connectivity index (χ0n) is 15.6. The molecule has 2 aromatic carbocycles. The van der Waals surface area contributed by atoms with Gasteiger partial charge in [-0.05, 0) is 18.6 Å². The third-order valence-corrected chi connectivity index (χ3v) is 4.97. The number of nitrogens with zero attached hydrogens (tertiary/aromatic N) is 4. The molecule has 2 heterocycles. The number of primary amides is 1. The Morgan fingerprint density at radius 3 is 2.50 bits per heavy atom. The van der Waals surface area contributed by atoms with Gasteiger partial charge in [-0.1, -0.05) is 47.7 Å². The van der Waals surface area contributed by atoms with E-state index in [0.29, 0.717) is 13.1 Å². The van der Waals surface area contributed by atoms with Gasteiger partial charge < -0.3 is 10.6 Å². The van der Waals surface area contributed by atoms with Crippen molar-refractivity contribution in [3.63, 3.8) is 0 Å². The van der Waals surface area contributed by atoms with Gasteiger partial charge in [0.2, 0.25) is 11.8 Å². The van der Waals surface area contributed by atoms with E-state index < -0.39 is 5.91 Å². The summed E-state index contributed by atoms with van der Waals surface area (Å²) >= 11 is 0. The standard InChI is InChI=1S/C21H21N5O2/c1-2-26-21-16-9-5-6-10-17(16)25(19(28)12-11-18(22)27)13-14-7-3-4-8-15(14)20(21)23-24-26/h3-10H,2,11-13H2,1H3,(H2,22,27). The van der Waals surface area contributed by atoms with Crippen molar-refractivity contribution in [3.8, 4) is 22.5 Å². The van der Waals surface area contributed by atoms with Gasteiger partial charge in [-0.2, -0.15) is 0 Å². The summed E-state index contributed by atoms with van der Waals surface area (Å²) in [5, 5.41) is 8.78. The number of benzene rings is 2. The molecule has 28 heavy (non-hydrogen) atoms. The Balaban J connectivity index is 1.94. The number of para-hydroxylation sites is 1. The van der Waals surface area contributed by atoms with Crippen LogP contribution < -0.4 is 10.6 Å². The highest BCUT2D eigenvalue weighted by molar-refractivity contribution is 6.01. The van der Waals surface area contributed by atoms with E-state index in [1.54, 1.807) is 4.90 Å². The van der Waals surface area contributed by atoms with Crippen LogP contribution in [0.15, 0.2) is 48.5 Å². The molecule has 0 aliphatic carbocycles. The highest BCUT2D eigenvalue weighted by atomic mass is 16.2. The summed E-state index contributed by atoms with van der Waals surface area (Å²) in [6, 6.07) is 15.6. The monoisotopic (exact) mass is 375 g/mol. The van der Waals surface area contributed by atoms with Gasteiger partial charge in [0, 0.05) is 30.5 Å². The van der Waals surface area contributed by atoms with Gasteiger partial charge in [-0.15, -0.1) is 5.10 Å². The van der Waals surface area contributed by atoms with Gasteiger partial charge in [0.1, 0.15) is 5.69 Å². The smallest absolute Gasteiger partial charge is 0.227 e. The Morgan fingerprint density at radius 1 is 1.04 bits per heavy atom. The zero-order valence-corrected chi connectivity index (χ0v) is 15.6. The molecule has 0 saturated carbocycles. The highest BCUT2D eigenvalue weighted by Crippen LogP contribution is 2.41. The number of anilines is 1. The van der Waals surface area contributed by atoms with Crippen molar-refractivity contribution in [1.29, 1.82) is 0 Å². The molecule has 2 N–H and O–H groups in total. The predicted molar refractivity (Wildman–Crippen MR) is 106 cm³/mol. The second-order valence-corrected chi connectivity index (χ2v) is 6.72. The Kier molecular flexibility index (Phi) is 4.65. The Morgan fingerprint density at radius 2 is 1.75 bits per heavy atom. The quantitative estimate of drug-likeness (QED) is 0.759. The van der Waals surface area contributed by atoms with Crippen LogP contribution in [-0.2, 0) is 22.7 Å². The van der Waals surface area contributed by atoms with Crippen LogP contribution in [-0.4, -0.2) is 26.8 Å². The Labute approximate surface area is 162 Å². The number of fused-ring (bicyclic) bond motifs is 5. The zero-order chi connectivity index (χ0) is 19.7. The first kappa shape index (κ1) is 17.9. The number of aryl methyl sites for hydroxylation is 1. The van der Waals surface area contributed by atoms with Crippen molar-refractivity contribution in [2.24, 2.45) is 5.73 Å². The van der Waals surface area contributed by atoms with Crippen LogP contribution in [0.4, 0.5) is 5.69 Å². The Bertz CT molecular complexity index is 1060. The van der Waals surface area contributed by atoms with Gasteiger partial charge in [0.15, 0.2) is 0 Å². The van der Waals surface area contributed by atoms with Gasteiger partial charge in [0.25, 0.3) is 0 Å². The van der Waals surface area contributed by atoms with Crippen molar-refractivity contribution in [1.82, 2.24) is 15.0 Å². The number of hydrogen-bond acceptors (Lipinski definition) is 4. The summed E-state index contributed by atoms with van der Waals surface area (Å²) in [4.78, 5) is 26.0. The number of amides is 2. The molecule has 2 amide bonds. The summed E-state index contributed by atoms with van der Waals surface area (Å²) < 4.78 is 1.85. The first-order valence-corrected chi connectivity index (χ1v) is 9.30. The SMILES string of the molecule is CCn1nnc2c1-c1ccccc1N(C(=O)CCC(N)=O)Cc1ccccc1-2. The van der Waals surface area contributed by atoms with Crippen LogP contribution in [0.25, 0.3) is 22.5 Å². The highest BCUT2D eigenvalue weighted by Gasteiger charge is 2.28. The van der Waals surface area contributed by atoms with E-state index in [2.05, 4.69) is 10.3 Å². The van der Waals surface area contributed by atoms with Crippen LogP contribution >= 0.6 is 0 Å². The molecule has 7 nitrogen and oxygen atoms in total. The minimum atomic E-state index is -0.482. The number of rotatable bonds is 4. The molecule has 0 unspecified atom stereocenters. The van der Waals surface area contributed by atoms with E-state index in [9.17, 15) is 9.59 Å². The first-order valence-electron chi connectivity index (χ1n) is 9.30. The molecular formula is C21H21N5O2. The van der Waals surface area contributed by atoms with Crippen molar-refractivity contribution in [3.05, 3.63) is 54.1 Å². The minimum Gasteiger partial charge on any atom is -0.370 e.